The highest BCUT2D eigenvalue weighted by atomic mass is 16.3. The number of aliphatic hydroxyl groups is 1. The van der Waals surface area contributed by atoms with Crippen LogP contribution in [0.15, 0.2) is 34.9 Å². The van der Waals surface area contributed by atoms with Gasteiger partial charge in [-0.05, 0) is 78.9 Å². The Labute approximate surface area is 144 Å². The summed E-state index contributed by atoms with van der Waals surface area (Å²) in [5.74, 6) is 0.850. The second-order valence-electron chi connectivity index (χ2n) is 9.42. The molecule has 128 valence electrons. The molecule has 5 rings (SSSR count). The molecule has 1 N–H and O–H groups in total. The Morgan fingerprint density at radius 1 is 1.12 bits per heavy atom. The van der Waals surface area contributed by atoms with Crippen LogP contribution in [0, 0.1) is 22.2 Å². The third-order valence-electron chi connectivity index (χ3n) is 8.64. The maximum Gasteiger partial charge on any atom is 0.155 e. The van der Waals surface area contributed by atoms with Gasteiger partial charge in [-0.2, -0.15) is 0 Å². The lowest BCUT2D eigenvalue weighted by molar-refractivity contribution is -0.116. The van der Waals surface area contributed by atoms with Gasteiger partial charge in [0.2, 0.25) is 0 Å². The summed E-state index contributed by atoms with van der Waals surface area (Å²) in [6.07, 6.45) is 14.8. The molecule has 0 aliphatic heterocycles. The average molecular weight is 324 g/mol. The van der Waals surface area contributed by atoms with Crippen LogP contribution in [-0.4, -0.2) is 17.0 Å². The molecule has 0 saturated heterocycles. The summed E-state index contributed by atoms with van der Waals surface area (Å²) in [5.41, 5.74) is 4.80. The molecule has 0 aromatic rings. The van der Waals surface area contributed by atoms with Crippen LogP contribution in [0.1, 0.15) is 65.2 Å². The van der Waals surface area contributed by atoms with E-state index in [0.29, 0.717) is 18.1 Å². The number of ketones is 1. The van der Waals surface area contributed by atoms with Crippen molar-refractivity contribution in [3.8, 4) is 0 Å². The largest absolute Gasteiger partial charge is 0.392 e. The van der Waals surface area contributed by atoms with E-state index in [1.807, 2.05) is 6.08 Å². The molecule has 2 saturated carbocycles. The van der Waals surface area contributed by atoms with E-state index >= 15 is 0 Å². The fourth-order valence-electron chi connectivity index (χ4n) is 7.12. The zero-order valence-electron chi connectivity index (χ0n) is 14.9. The zero-order chi connectivity index (χ0) is 16.7. The Morgan fingerprint density at radius 3 is 2.79 bits per heavy atom. The predicted molar refractivity (Wildman–Crippen MR) is 94.3 cm³/mol. The SMILES string of the molecule is C[C@@]12CC=C3C4=CCC5=CC(=O)CC[C@]5(C)C4CC[C@]31C(O)CC2. The summed E-state index contributed by atoms with van der Waals surface area (Å²) < 4.78 is 0. The maximum atomic E-state index is 11.9. The molecule has 0 bridgehead atoms. The van der Waals surface area contributed by atoms with Crippen molar-refractivity contribution in [2.45, 2.75) is 71.3 Å². The van der Waals surface area contributed by atoms with Crippen LogP contribution in [0.3, 0.4) is 0 Å². The Bertz CT molecular complexity index is 726. The van der Waals surface area contributed by atoms with Crippen molar-refractivity contribution in [1.82, 2.24) is 0 Å². The number of hydrogen-bond donors (Lipinski definition) is 1. The van der Waals surface area contributed by atoms with Crippen molar-refractivity contribution in [3.63, 3.8) is 0 Å². The zero-order valence-corrected chi connectivity index (χ0v) is 14.9. The molecular weight excluding hydrogens is 296 g/mol. The topological polar surface area (TPSA) is 37.3 Å². The van der Waals surface area contributed by atoms with Crippen molar-refractivity contribution < 1.29 is 9.90 Å². The number of carbonyl (C=O) groups is 1. The molecule has 0 heterocycles. The maximum absolute atomic E-state index is 11.9. The number of allylic oxidation sites excluding steroid dienone is 5. The van der Waals surface area contributed by atoms with Crippen molar-refractivity contribution in [2.75, 3.05) is 0 Å². The molecule has 0 aromatic carbocycles. The summed E-state index contributed by atoms with van der Waals surface area (Å²) >= 11 is 0. The fraction of sp³-hybridized carbons (Fsp3) is 0.682. The monoisotopic (exact) mass is 324 g/mol. The summed E-state index contributed by atoms with van der Waals surface area (Å²) in [7, 11) is 0. The van der Waals surface area contributed by atoms with Crippen LogP contribution < -0.4 is 0 Å². The van der Waals surface area contributed by atoms with Gasteiger partial charge in [0.25, 0.3) is 0 Å². The minimum atomic E-state index is -0.171. The summed E-state index contributed by atoms with van der Waals surface area (Å²) in [6, 6.07) is 0. The number of aliphatic hydroxyl groups excluding tert-OH is 1. The first-order valence-electron chi connectivity index (χ1n) is 9.74. The van der Waals surface area contributed by atoms with Gasteiger partial charge in [0.1, 0.15) is 0 Å². The quantitative estimate of drug-likeness (QED) is 0.712. The highest BCUT2D eigenvalue weighted by Crippen LogP contribution is 2.71. The number of hydrogen-bond acceptors (Lipinski definition) is 2. The Kier molecular flexibility index (Phi) is 2.85. The van der Waals surface area contributed by atoms with Crippen molar-refractivity contribution in [1.29, 1.82) is 0 Å². The first-order valence-corrected chi connectivity index (χ1v) is 9.74. The molecule has 2 heteroatoms. The van der Waals surface area contributed by atoms with Gasteiger partial charge in [0.15, 0.2) is 5.78 Å². The minimum Gasteiger partial charge on any atom is -0.392 e. The van der Waals surface area contributed by atoms with E-state index < -0.39 is 0 Å². The predicted octanol–water partition coefficient (Wildman–Crippen LogP) is 4.50. The normalized spacial score (nSPS) is 49.5. The number of carbonyl (C=O) groups excluding carboxylic acids is 1. The van der Waals surface area contributed by atoms with Gasteiger partial charge in [-0.1, -0.05) is 31.6 Å². The highest BCUT2D eigenvalue weighted by Gasteiger charge is 2.64. The van der Waals surface area contributed by atoms with Gasteiger partial charge in [-0.25, -0.2) is 0 Å². The van der Waals surface area contributed by atoms with E-state index in [2.05, 4.69) is 26.0 Å². The first kappa shape index (κ1) is 15.1. The molecule has 0 radical (unpaired) electrons. The standard InChI is InChI=1S/C22H28O2/c1-20-9-6-18-16-4-3-14-13-15(23)5-11-21(14,2)17(16)7-12-22(18,20)19(24)8-10-20/h4,6,13,17,19,24H,3,5,7-12H2,1-2H3/t17?,19?,20-,21-,22+/m0/s1. The summed E-state index contributed by atoms with van der Waals surface area (Å²) in [5, 5.41) is 10.9. The van der Waals surface area contributed by atoms with Crippen LogP contribution in [-0.2, 0) is 4.79 Å². The second kappa shape index (κ2) is 4.52. The molecule has 5 aliphatic rings. The van der Waals surface area contributed by atoms with E-state index in [-0.39, 0.29) is 22.3 Å². The van der Waals surface area contributed by atoms with Crippen molar-refractivity contribution in [3.05, 3.63) is 34.9 Å². The average Bonchev–Trinajstić information content (AvgIpc) is 2.99. The Balaban J connectivity index is 1.62. The van der Waals surface area contributed by atoms with Crippen molar-refractivity contribution >= 4 is 5.78 Å². The molecule has 2 unspecified atom stereocenters. The van der Waals surface area contributed by atoms with E-state index in [4.69, 9.17) is 0 Å². The lowest BCUT2D eigenvalue weighted by Crippen LogP contribution is -2.48. The van der Waals surface area contributed by atoms with Crippen LogP contribution in [0.5, 0.6) is 0 Å². The van der Waals surface area contributed by atoms with Crippen LogP contribution in [0.25, 0.3) is 0 Å². The molecule has 1 spiro atoms. The van der Waals surface area contributed by atoms with Crippen LogP contribution in [0.2, 0.25) is 0 Å². The van der Waals surface area contributed by atoms with E-state index in [0.717, 1.165) is 44.9 Å². The van der Waals surface area contributed by atoms with E-state index in [1.165, 1.54) is 16.7 Å². The lowest BCUT2D eigenvalue weighted by Gasteiger charge is -2.55. The van der Waals surface area contributed by atoms with Gasteiger partial charge in [0.05, 0.1) is 6.10 Å². The second-order valence-corrected chi connectivity index (χ2v) is 9.42. The fourth-order valence-corrected chi connectivity index (χ4v) is 7.12. The minimum absolute atomic E-state index is 0.0113. The highest BCUT2D eigenvalue weighted by molar-refractivity contribution is 5.91. The molecule has 5 atom stereocenters. The molecule has 2 nitrogen and oxygen atoms in total. The molecule has 0 aromatic heterocycles. The molecule has 24 heavy (non-hydrogen) atoms. The van der Waals surface area contributed by atoms with Gasteiger partial charge in [-0.15, -0.1) is 0 Å². The van der Waals surface area contributed by atoms with Gasteiger partial charge < -0.3 is 5.11 Å². The van der Waals surface area contributed by atoms with Crippen molar-refractivity contribution in [2.24, 2.45) is 22.2 Å². The third kappa shape index (κ3) is 1.55. The summed E-state index contributed by atoms with van der Waals surface area (Å²) in [6.45, 7) is 4.80. The Morgan fingerprint density at radius 2 is 1.96 bits per heavy atom. The van der Waals surface area contributed by atoms with Gasteiger partial charge >= 0.3 is 0 Å². The molecular formula is C22H28O2. The van der Waals surface area contributed by atoms with Crippen LogP contribution >= 0.6 is 0 Å². The number of fused-ring (bicyclic) bond motifs is 4. The first-order chi connectivity index (χ1) is 11.4. The Hall–Kier alpha value is -1.15. The third-order valence-corrected chi connectivity index (χ3v) is 8.64. The number of rotatable bonds is 0. The van der Waals surface area contributed by atoms with E-state index in [9.17, 15) is 9.90 Å². The molecule has 5 aliphatic carbocycles. The smallest absolute Gasteiger partial charge is 0.155 e. The summed E-state index contributed by atoms with van der Waals surface area (Å²) in [4.78, 5) is 11.9. The van der Waals surface area contributed by atoms with Gasteiger partial charge in [-0.3, -0.25) is 4.79 Å². The molecule has 0 amide bonds. The molecule has 2 fully saturated rings. The van der Waals surface area contributed by atoms with Gasteiger partial charge in [0, 0.05) is 11.8 Å². The van der Waals surface area contributed by atoms with Crippen LogP contribution in [0.4, 0.5) is 0 Å². The lowest BCUT2D eigenvalue weighted by atomic mass is 9.49. The van der Waals surface area contributed by atoms with E-state index in [1.54, 1.807) is 0 Å².